The molecule has 0 radical (unpaired) electrons. The molecule has 1 atom stereocenters. The first-order valence-corrected chi connectivity index (χ1v) is 10.1. The third-order valence-corrected chi connectivity index (χ3v) is 5.28. The number of carbonyl (C=O) groups is 1. The molecule has 3 rings (SSSR count). The molecule has 1 amide bonds. The molecular formula is C21H20N2O4S. The zero-order valence-corrected chi connectivity index (χ0v) is 16.0. The summed E-state index contributed by atoms with van der Waals surface area (Å²) in [5.41, 5.74) is 0.957. The Morgan fingerprint density at radius 1 is 0.821 bits per heavy atom. The summed E-state index contributed by atoms with van der Waals surface area (Å²) in [7, 11) is -3.70. The van der Waals surface area contributed by atoms with Crippen molar-refractivity contribution in [1.82, 2.24) is 0 Å². The zero-order valence-electron chi connectivity index (χ0n) is 15.2. The number of hydrogen-bond acceptors (Lipinski definition) is 4. The topological polar surface area (TPSA) is 84.5 Å². The average molecular weight is 396 g/mol. The van der Waals surface area contributed by atoms with Gasteiger partial charge in [-0.3, -0.25) is 9.52 Å². The van der Waals surface area contributed by atoms with Crippen LogP contribution in [-0.2, 0) is 14.8 Å². The number of hydrogen-bond donors (Lipinski definition) is 2. The van der Waals surface area contributed by atoms with Gasteiger partial charge in [-0.1, -0.05) is 36.4 Å². The summed E-state index contributed by atoms with van der Waals surface area (Å²) >= 11 is 0. The Balaban J connectivity index is 1.63. The van der Waals surface area contributed by atoms with E-state index in [1.165, 1.54) is 24.3 Å². The molecule has 0 unspecified atom stereocenters. The van der Waals surface area contributed by atoms with Crippen molar-refractivity contribution in [2.24, 2.45) is 0 Å². The van der Waals surface area contributed by atoms with Crippen molar-refractivity contribution in [3.63, 3.8) is 0 Å². The molecular weight excluding hydrogens is 376 g/mol. The van der Waals surface area contributed by atoms with Crippen LogP contribution in [0.1, 0.15) is 6.92 Å². The lowest BCUT2D eigenvalue weighted by Crippen LogP contribution is -2.30. The van der Waals surface area contributed by atoms with Gasteiger partial charge in [-0.15, -0.1) is 0 Å². The third-order valence-electron chi connectivity index (χ3n) is 3.88. The van der Waals surface area contributed by atoms with E-state index in [1.54, 1.807) is 49.4 Å². The monoisotopic (exact) mass is 396 g/mol. The van der Waals surface area contributed by atoms with E-state index in [0.717, 1.165) is 0 Å². The summed E-state index contributed by atoms with van der Waals surface area (Å²) in [5.74, 6) is 0.264. The van der Waals surface area contributed by atoms with Crippen LogP contribution in [0.4, 0.5) is 11.4 Å². The van der Waals surface area contributed by atoms with Gasteiger partial charge in [0.2, 0.25) is 0 Å². The highest BCUT2D eigenvalue weighted by molar-refractivity contribution is 7.92. The van der Waals surface area contributed by atoms with Crippen LogP contribution in [0.3, 0.4) is 0 Å². The van der Waals surface area contributed by atoms with Gasteiger partial charge in [0, 0.05) is 11.4 Å². The Morgan fingerprint density at radius 2 is 1.39 bits per heavy atom. The first-order valence-electron chi connectivity index (χ1n) is 8.64. The lowest BCUT2D eigenvalue weighted by atomic mass is 10.3. The van der Waals surface area contributed by atoms with E-state index in [0.29, 0.717) is 17.1 Å². The SMILES string of the molecule is C[C@@H](Oc1ccccc1)C(=O)Nc1ccc(S(=O)(=O)Nc2ccccc2)cc1. The first-order chi connectivity index (χ1) is 13.4. The van der Waals surface area contributed by atoms with E-state index in [2.05, 4.69) is 10.0 Å². The molecule has 3 aromatic carbocycles. The molecule has 0 heterocycles. The standard InChI is InChI=1S/C21H20N2O4S/c1-16(27-19-10-6-3-7-11-19)21(24)22-17-12-14-20(15-13-17)28(25,26)23-18-8-4-2-5-9-18/h2-16,23H,1H3,(H,22,24)/t16-/m1/s1. The molecule has 0 aromatic heterocycles. The number of para-hydroxylation sites is 2. The van der Waals surface area contributed by atoms with Gasteiger partial charge in [-0.05, 0) is 55.5 Å². The van der Waals surface area contributed by atoms with Crippen LogP contribution in [0.25, 0.3) is 0 Å². The van der Waals surface area contributed by atoms with Crippen LogP contribution in [0, 0.1) is 0 Å². The van der Waals surface area contributed by atoms with Gasteiger partial charge in [0.25, 0.3) is 15.9 Å². The lowest BCUT2D eigenvalue weighted by Gasteiger charge is -2.15. The second-order valence-electron chi connectivity index (χ2n) is 6.06. The number of carbonyl (C=O) groups excluding carboxylic acids is 1. The maximum Gasteiger partial charge on any atom is 0.265 e. The van der Waals surface area contributed by atoms with Gasteiger partial charge in [0.05, 0.1) is 4.90 Å². The normalized spacial score (nSPS) is 12.0. The summed E-state index contributed by atoms with van der Waals surface area (Å²) in [4.78, 5) is 12.4. The van der Waals surface area contributed by atoms with E-state index in [4.69, 9.17) is 4.74 Å². The average Bonchev–Trinajstić information content (AvgIpc) is 2.69. The van der Waals surface area contributed by atoms with E-state index in [1.807, 2.05) is 18.2 Å². The van der Waals surface area contributed by atoms with Gasteiger partial charge in [0.1, 0.15) is 5.75 Å². The Bertz CT molecular complexity index is 1020. The Morgan fingerprint density at radius 3 is 2.00 bits per heavy atom. The summed E-state index contributed by atoms with van der Waals surface area (Å²) in [5, 5.41) is 2.71. The molecule has 6 nitrogen and oxygen atoms in total. The summed E-state index contributed by atoms with van der Waals surface area (Å²) in [6, 6.07) is 23.6. The molecule has 28 heavy (non-hydrogen) atoms. The fourth-order valence-corrected chi connectivity index (χ4v) is 3.50. The highest BCUT2D eigenvalue weighted by atomic mass is 32.2. The fraction of sp³-hybridized carbons (Fsp3) is 0.0952. The van der Waals surface area contributed by atoms with Crippen molar-refractivity contribution in [3.8, 4) is 5.75 Å². The number of benzene rings is 3. The molecule has 0 fully saturated rings. The quantitative estimate of drug-likeness (QED) is 0.634. The van der Waals surface area contributed by atoms with Crippen LogP contribution in [0.5, 0.6) is 5.75 Å². The Kier molecular flexibility index (Phi) is 5.96. The number of ether oxygens (including phenoxy) is 1. The molecule has 0 saturated carbocycles. The van der Waals surface area contributed by atoms with Crippen molar-refractivity contribution in [3.05, 3.63) is 84.9 Å². The number of rotatable bonds is 7. The highest BCUT2D eigenvalue weighted by Crippen LogP contribution is 2.18. The van der Waals surface area contributed by atoms with E-state index >= 15 is 0 Å². The van der Waals surface area contributed by atoms with Crippen molar-refractivity contribution in [2.75, 3.05) is 10.0 Å². The molecule has 0 saturated heterocycles. The van der Waals surface area contributed by atoms with Gasteiger partial charge >= 0.3 is 0 Å². The highest BCUT2D eigenvalue weighted by Gasteiger charge is 2.17. The van der Waals surface area contributed by atoms with Crippen molar-refractivity contribution >= 4 is 27.3 Å². The summed E-state index contributed by atoms with van der Waals surface area (Å²) in [6.45, 7) is 1.64. The minimum atomic E-state index is -3.70. The Labute approximate surface area is 164 Å². The largest absolute Gasteiger partial charge is 0.481 e. The molecule has 0 bridgehead atoms. The van der Waals surface area contributed by atoms with Gasteiger partial charge in [0.15, 0.2) is 6.10 Å². The predicted octanol–water partition coefficient (Wildman–Crippen LogP) is 3.89. The molecule has 2 N–H and O–H groups in total. The van der Waals surface area contributed by atoms with Gasteiger partial charge in [-0.2, -0.15) is 0 Å². The first kappa shape index (κ1) is 19.4. The maximum absolute atomic E-state index is 12.4. The van der Waals surface area contributed by atoms with Crippen LogP contribution >= 0.6 is 0 Å². The molecule has 0 spiro atoms. The summed E-state index contributed by atoms with van der Waals surface area (Å²) in [6.07, 6.45) is -0.703. The lowest BCUT2D eigenvalue weighted by molar-refractivity contribution is -0.122. The molecule has 144 valence electrons. The predicted molar refractivity (Wildman–Crippen MR) is 109 cm³/mol. The van der Waals surface area contributed by atoms with E-state index in [-0.39, 0.29) is 10.8 Å². The van der Waals surface area contributed by atoms with Crippen LogP contribution in [-0.4, -0.2) is 20.4 Å². The maximum atomic E-state index is 12.4. The fourth-order valence-electron chi connectivity index (χ4n) is 2.44. The van der Waals surface area contributed by atoms with E-state index < -0.39 is 16.1 Å². The van der Waals surface area contributed by atoms with Crippen molar-refractivity contribution < 1.29 is 17.9 Å². The minimum Gasteiger partial charge on any atom is -0.481 e. The van der Waals surface area contributed by atoms with Gasteiger partial charge < -0.3 is 10.1 Å². The second kappa shape index (κ2) is 8.58. The molecule has 0 aliphatic heterocycles. The van der Waals surface area contributed by atoms with Crippen LogP contribution < -0.4 is 14.8 Å². The van der Waals surface area contributed by atoms with Crippen LogP contribution in [0.2, 0.25) is 0 Å². The van der Waals surface area contributed by atoms with Crippen molar-refractivity contribution in [2.45, 2.75) is 17.9 Å². The van der Waals surface area contributed by atoms with Crippen LogP contribution in [0.15, 0.2) is 89.8 Å². The minimum absolute atomic E-state index is 0.0999. The second-order valence-corrected chi connectivity index (χ2v) is 7.74. The molecule has 0 aliphatic rings. The van der Waals surface area contributed by atoms with Gasteiger partial charge in [-0.25, -0.2) is 8.42 Å². The number of nitrogens with one attached hydrogen (secondary N) is 2. The third kappa shape index (κ3) is 5.11. The number of anilines is 2. The van der Waals surface area contributed by atoms with E-state index in [9.17, 15) is 13.2 Å². The smallest absolute Gasteiger partial charge is 0.265 e. The molecule has 3 aromatic rings. The number of sulfonamides is 1. The van der Waals surface area contributed by atoms with Crippen molar-refractivity contribution in [1.29, 1.82) is 0 Å². The Hall–Kier alpha value is -3.32. The molecule has 7 heteroatoms. The zero-order chi connectivity index (χ0) is 20.0. The number of amides is 1. The molecule has 0 aliphatic carbocycles. The summed E-state index contributed by atoms with van der Waals surface area (Å²) < 4.78 is 32.9.